The number of nitrogens with one attached hydrogen (secondary N) is 1. The summed E-state index contributed by atoms with van der Waals surface area (Å²) in [6.07, 6.45) is 3.66. The third-order valence-electron chi connectivity index (χ3n) is 4.19. The van der Waals surface area contributed by atoms with Crippen molar-refractivity contribution >= 4 is 12.0 Å². The summed E-state index contributed by atoms with van der Waals surface area (Å²) in [5.74, 6) is -0.139. The minimum absolute atomic E-state index is 0.0545. The minimum atomic E-state index is -0.709. The van der Waals surface area contributed by atoms with E-state index in [0.717, 1.165) is 12.8 Å². The molecule has 0 radical (unpaired) electrons. The fourth-order valence-corrected chi connectivity index (χ4v) is 2.77. The second-order valence-electron chi connectivity index (χ2n) is 6.24. The van der Waals surface area contributed by atoms with Crippen molar-refractivity contribution in [3.63, 3.8) is 0 Å². The van der Waals surface area contributed by atoms with Crippen LogP contribution in [0.5, 0.6) is 0 Å². The van der Waals surface area contributed by atoms with Crippen LogP contribution >= 0.6 is 0 Å². The van der Waals surface area contributed by atoms with E-state index in [0.29, 0.717) is 44.8 Å². The maximum Gasteiger partial charge on any atom is 0.317 e. The van der Waals surface area contributed by atoms with Crippen LogP contribution in [0.1, 0.15) is 52.9 Å². The molecule has 0 bridgehead atoms. The van der Waals surface area contributed by atoms with Crippen molar-refractivity contribution in [1.29, 1.82) is 0 Å². The van der Waals surface area contributed by atoms with Crippen molar-refractivity contribution in [1.82, 2.24) is 10.2 Å². The molecule has 5 heteroatoms. The highest BCUT2D eigenvalue weighted by Crippen LogP contribution is 2.36. The average Bonchev–Trinajstić information content (AvgIpc) is 2.39. The summed E-state index contributed by atoms with van der Waals surface area (Å²) >= 11 is 0. The largest absolute Gasteiger partial charge is 0.481 e. The van der Waals surface area contributed by atoms with Crippen LogP contribution in [-0.4, -0.2) is 41.6 Å². The van der Waals surface area contributed by atoms with E-state index in [-0.39, 0.29) is 6.03 Å². The molecule has 5 nitrogen and oxygen atoms in total. The number of piperidine rings is 1. The summed E-state index contributed by atoms with van der Waals surface area (Å²) in [7, 11) is 0. The quantitative estimate of drug-likeness (QED) is 0.788. The number of amides is 2. The van der Waals surface area contributed by atoms with Gasteiger partial charge in [-0.25, -0.2) is 4.79 Å². The van der Waals surface area contributed by atoms with E-state index in [1.54, 1.807) is 4.90 Å². The van der Waals surface area contributed by atoms with Gasteiger partial charge < -0.3 is 15.3 Å². The predicted molar refractivity (Wildman–Crippen MR) is 78.6 cm³/mol. The van der Waals surface area contributed by atoms with Crippen molar-refractivity contribution < 1.29 is 14.7 Å². The molecule has 0 spiro atoms. The third kappa shape index (κ3) is 4.39. The molecule has 0 aromatic rings. The van der Waals surface area contributed by atoms with Crippen molar-refractivity contribution in [2.24, 2.45) is 11.3 Å². The molecular formula is C15H28N2O3. The van der Waals surface area contributed by atoms with E-state index in [4.69, 9.17) is 0 Å². The number of rotatable bonds is 6. The van der Waals surface area contributed by atoms with Crippen molar-refractivity contribution in [2.75, 3.05) is 19.6 Å². The summed E-state index contributed by atoms with van der Waals surface area (Å²) in [4.78, 5) is 25.2. The van der Waals surface area contributed by atoms with Crippen LogP contribution in [-0.2, 0) is 4.79 Å². The van der Waals surface area contributed by atoms with Gasteiger partial charge in [-0.15, -0.1) is 0 Å². The molecule has 2 amide bonds. The lowest BCUT2D eigenvalue weighted by molar-refractivity contribution is -0.152. The molecule has 0 saturated carbocycles. The number of carbonyl (C=O) groups excluding carboxylic acids is 1. The van der Waals surface area contributed by atoms with E-state index >= 15 is 0 Å². The molecule has 1 aliphatic heterocycles. The van der Waals surface area contributed by atoms with Gasteiger partial charge in [0.2, 0.25) is 0 Å². The average molecular weight is 284 g/mol. The Bertz CT molecular complexity index is 334. The monoisotopic (exact) mass is 284 g/mol. The second kappa shape index (κ2) is 7.50. The number of hydrogen-bond acceptors (Lipinski definition) is 2. The summed E-state index contributed by atoms with van der Waals surface area (Å²) in [5.41, 5.74) is -0.622. The Morgan fingerprint density at radius 3 is 2.35 bits per heavy atom. The molecule has 1 saturated heterocycles. The maximum absolute atomic E-state index is 12.0. The summed E-state index contributed by atoms with van der Waals surface area (Å²) in [5, 5.41) is 12.3. The first kappa shape index (κ1) is 16.8. The van der Waals surface area contributed by atoms with Gasteiger partial charge in [0, 0.05) is 19.6 Å². The molecule has 0 aromatic heterocycles. The number of urea groups is 1. The maximum atomic E-state index is 12.0. The highest BCUT2D eigenvalue weighted by atomic mass is 16.4. The standard InChI is InChI=1S/C15H28N2O3/c1-4-6-15(13(18)19)7-10-17(11-8-15)14(20)16-9-5-12(2)3/h12H,4-11H2,1-3H3,(H,16,20)(H,18,19). The van der Waals surface area contributed by atoms with Crippen LogP contribution in [0.3, 0.4) is 0 Å². The SMILES string of the molecule is CCCC1(C(=O)O)CCN(C(=O)NCCC(C)C)CC1. The van der Waals surface area contributed by atoms with E-state index in [1.165, 1.54) is 0 Å². The van der Waals surface area contributed by atoms with Crippen LogP contribution in [0.15, 0.2) is 0 Å². The first-order valence-corrected chi connectivity index (χ1v) is 7.67. The van der Waals surface area contributed by atoms with Gasteiger partial charge in [-0.3, -0.25) is 4.79 Å². The second-order valence-corrected chi connectivity index (χ2v) is 6.24. The first-order valence-electron chi connectivity index (χ1n) is 7.67. The lowest BCUT2D eigenvalue weighted by Crippen LogP contribution is -2.49. The molecule has 0 atom stereocenters. The smallest absolute Gasteiger partial charge is 0.317 e. The lowest BCUT2D eigenvalue weighted by atomic mass is 9.75. The normalized spacial score (nSPS) is 18.1. The number of nitrogens with zero attached hydrogens (tertiary/aromatic N) is 1. The third-order valence-corrected chi connectivity index (χ3v) is 4.19. The number of carboxylic acid groups (broad SMARTS) is 1. The van der Waals surface area contributed by atoms with Crippen molar-refractivity contribution in [3.8, 4) is 0 Å². The lowest BCUT2D eigenvalue weighted by Gasteiger charge is -2.38. The van der Waals surface area contributed by atoms with E-state index < -0.39 is 11.4 Å². The zero-order valence-electron chi connectivity index (χ0n) is 12.9. The molecule has 1 heterocycles. The summed E-state index contributed by atoms with van der Waals surface area (Å²) < 4.78 is 0. The van der Waals surface area contributed by atoms with Gasteiger partial charge in [0.15, 0.2) is 0 Å². The Hall–Kier alpha value is -1.26. The number of carbonyl (C=O) groups is 2. The van der Waals surface area contributed by atoms with Gasteiger partial charge in [0.25, 0.3) is 0 Å². The van der Waals surface area contributed by atoms with Gasteiger partial charge in [-0.05, 0) is 31.6 Å². The molecule has 20 heavy (non-hydrogen) atoms. The molecule has 1 rings (SSSR count). The van der Waals surface area contributed by atoms with Gasteiger partial charge in [0.05, 0.1) is 5.41 Å². The molecule has 0 aromatic carbocycles. The van der Waals surface area contributed by atoms with Crippen LogP contribution in [0.25, 0.3) is 0 Å². The zero-order valence-corrected chi connectivity index (χ0v) is 12.9. The van der Waals surface area contributed by atoms with Crippen LogP contribution in [0.2, 0.25) is 0 Å². The molecule has 1 fully saturated rings. The zero-order chi connectivity index (χ0) is 15.2. The Morgan fingerprint density at radius 1 is 1.30 bits per heavy atom. The first-order chi connectivity index (χ1) is 9.41. The van der Waals surface area contributed by atoms with Gasteiger partial charge in [-0.1, -0.05) is 27.2 Å². The number of hydrogen-bond donors (Lipinski definition) is 2. The highest BCUT2D eigenvalue weighted by molar-refractivity contribution is 5.77. The molecule has 2 N–H and O–H groups in total. The Labute approximate surface area is 121 Å². The summed E-state index contributed by atoms with van der Waals surface area (Å²) in [6, 6.07) is -0.0545. The molecule has 0 aliphatic carbocycles. The van der Waals surface area contributed by atoms with E-state index in [9.17, 15) is 14.7 Å². The van der Waals surface area contributed by atoms with E-state index in [1.807, 2.05) is 6.92 Å². The fourth-order valence-electron chi connectivity index (χ4n) is 2.77. The van der Waals surface area contributed by atoms with Crippen molar-refractivity contribution in [2.45, 2.75) is 52.9 Å². The predicted octanol–water partition coefficient (Wildman–Crippen LogP) is 2.71. The Kier molecular flexibility index (Phi) is 6.30. The minimum Gasteiger partial charge on any atom is -0.481 e. The van der Waals surface area contributed by atoms with Crippen molar-refractivity contribution in [3.05, 3.63) is 0 Å². The Morgan fingerprint density at radius 2 is 1.90 bits per heavy atom. The Balaban J connectivity index is 2.44. The van der Waals surface area contributed by atoms with Crippen LogP contribution < -0.4 is 5.32 Å². The van der Waals surface area contributed by atoms with Gasteiger partial charge in [-0.2, -0.15) is 0 Å². The summed E-state index contributed by atoms with van der Waals surface area (Å²) in [6.45, 7) is 8.03. The molecule has 0 unspecified atom stereocenters. The topological polar surface area (TPSA) is 69.6 Å². The highest BCUT2D eigenvalue weighted by Gasteiger charge is 2.41. The number of aliphatic carboxylic acids is 1. The van der Waals surface area contributed by atoms with Crippen LogP contribution in [0, 0.1) is 11.3 Å². The number of likely N-dealkylation sites (tertiary alicyclic amines) is 1. The van der Waals surface area contributed by atoms with E-state index in [2.05, 4.69) is 19.2 Å². The fraction of sp³-hybridized carbons (Fsp3) is 0.867. The molecular weight excluding hydrogens is 256 g/mol. The number of carboxylic acids is 1. The van der Waals surface area contributed by atoms with Gasteiger partial charge >= 0.3 is 12.0 Å². The van der Waals surface area contributed by atoms with Gasteiger partial charge in [0.1, 0.15) is 0 Å². The molecule has 1 aliphatic rings. The molecule has 116 valence electrons. The van der Waals surface area contributed by atoms with Crippen LogP contribution in [0.4, 0.5) is 4.79 Å².